The molecular formula is C8H6ClF3N2. The molecule has 1 aromatic carbocycles. The van der Waals surface area contributed by atoms with Crippen LogP contribution in [0.4, 0.5) is 13.2 Å². The van der Waals surface area contributed by atoms with E-state index in [0.29, 0.717) is 5.56 Å². The van der Waals surface area contributed by atoms with Gasteiger partial charge in [0, 0.05) is 17.3 Å². The number of hydrogen-bond donors (Lipinski definition) is 1. The third-order valence-corrected chi connectivity index (χ3v) is 1.78. The van der Waals surface area contributed by atoms with Gasteiger partial charge in [0.1, 0.15) is 5.84 Å². The summed E-state index contributed by atoms with van der Waals surface area (Å²) in [5.74, 6) is -0.0135. The molecule has 14 heavy (non-hydrogen) atoms. The Labute approximate surface area is 83.3 Å². The molecule has 76 valence electrons. The molecule has 0 bridgehead atoms. The normalized spacial score (nSPS) is 13.0. The summed E-state index contributed by atoms with van der Waals surface area (Å²) in [6.07, 6.45) is -4.34. The number of benzene rings is 1. The summed E-state index contributed by atoms with van der Waals surface area (Å²) in [6.45, 7) is 0. The highest BCUT2D eigenvalue weighted by Crippen LogP contribution is 2.28. The summed E-state index contributed by atoms with van der Waals surface area (Å²) in [6, 6.07) is 4.27. The second-order valence-corrected chi connectivity index (χ2v) is 2.71. The SMILES string of the molecule is N/C(=N/Cl)c1ccc(C(F)(F)F)cc1. The summed E-state index contributed by atoms with van der Waals surface area (Å²) in [4.78, 5) is 0. The predicted octanol–water partition coefficient (Wildman–Crippen LogP) is 2.56. The standard InChI is InChI=1S/C8H6ClF3N2/c9-14-7(13)5-1-3-6(4-2-5)8(10,11)12/h1-4H,(H2,13,14). The molecule has 0 aromatic heterocycles. The highest BCUT2D eigenvalue weighted by molar-refractivity contribution is 6.22. The van der Waals surface area contributed by atoms with E-state index in [1.54, 1.807) is 0 Å². The third-order valence-electron chi connectivity index (χ3n) is 1.60. The lowest BCUT2D eigenvalue weighted by atomic mass is 10.1. The monoisotopic (exact) mass is 222 g/mol. The number of halogens is 4. The van der Waals surface area contributed by atoms with E-state index in [0.717, 1.165) is 12.1 Å². The summed E-state index contributed by atoms with van der Waals surface area (Å²) >= 11 is 5.06. The molecule has 0 saturated heterocycles. The maximum Gasteiger partial charge on any atom is 0.416 e. The number of alkyl halides is 3. The van der Waals surface area contributed by atoms with Crippen LogP contribution in [0.5, 0.6) is 0 Å². The molecule has 0 aliphatic heterocycles. The smallest absolute Gasteiger partial charge is 0.382 e. The van der Waals surface area contributed by atoms with Crippen LogP contribution in [0, 0.1) is 0 Å². The molecule has 0 aliphatic rings. The molecule has 0 spiro atoms. The Morgan fingerprint density at radius 1 is 1.21 bits per heavy atom. The number of hydrogen-bond acceptors (Lipinski definition) is 1. The van der Waals surface area contributed by atoms with Crippen LogP contribution in [0.15, 0.2) is 28.8 Å². The van der Waals surface area contributed by atoms with Crippen LogP contribution in [-0.4, -0.2) is 5.84 Å². The summed E-state index contributed by atoms with van der Waals surface area (Å²) < 4.78 is 39.5. The van der Waals surface area contributed by atoms with Gasteiger partial charge in [-0.2, -0.15) is 17.7 Å². The summed E-state index contributed by atoms with van der Waals surface area (Å²) in [7, 11) is 0. The van der Waals surface area contributed by atoms with Gasteiger partial charge in [-0.15, -0.1) is 0 Å². The van der Waals surface area contributed by atoms with Gasteiger partial charge in [-0.25, -0.2) is 0 Å². The van der Waals surface area contributed by atoms with E-state index in [2.05, 4.69) is 4.51 Å². The van der Waals surface area contributed by atoms with Gasteiger partial charge in [-0.3, -0.25) is 0 Å². The second kappa shape index (κ2) is 3.88. The molecule has 0 saturated carbocycles. The van der Waals surface area contributed by atoms with Crippen molar-refractivity contribution in [3.8, 4) is 0 Å². The Bertz CT molecular complexity index is 343. The van der Waals surface area contributed by atoms with Gasteiger partial charge in [0.2, 0.25) is 0 Å². The molecule has 0 heterocycles. The van der Waals surface area contributed by atoms with Crippen molar-refractivity contribution < 1.29 is 13.2 Å². The van der Waals surface area contributed by atoms with Gasteiger partial charge in [0.05, 0.1) is 5.56 Å². The molecule has 0 amide bonds. The van der Waals surface area contributed by atoms with Crippen molar-refractivity contribution in [1.29, 1.82) is 0 Å². The van der Waals surface area contributed by atoms with Crippen molar-refractivity contribution >= 4 is 17.6 Å². The van der Waals surface area contributed by atoms with Gasteiger partial charge < -0.3 is 5.73 Å². The molecule has 2 nitrogen and oxygen atoms in total. The van der Waals surface area contributed by atoms with Crippen molar-refractivity contribution in [3.63, 3.8) is 0 Å². The van der Waals surface area contributed by atoms with Crippen LogP contribution in [0.25, 0.3) is 0 Å². The van der Waals surface area contributed by atoms with Crippen molar-refractivity contribution in [1.82, 2.24) is 0 Å². The molecule has 0 aliphatic carbocycles. The molecule has 0 radical (unpaired) electrons. The van der Waals surface area contributed by atoms with E-state index in [1.807, 2.05) is 0 Å². The summed E-state index contributed by atoms with van der Waals surface area (Å²) in [5, 5.41) is 0. The van der Waals surface area contributed by atoms with Gasteiger partial charge in [0.25, 0.3) is 0 Å². The van der Waals surface area contributed by atoms with Gasteiger partial charge in [-0.05, 0) is 12.1 Å². The first-order valence-electron chi connectivity index (χ1n) is 3.57. The quantitative estimate of drug-likeness (QED) is 0.576. The lowest BCUT2D eigenvalue weighted by Gasteiger charge is -2.06. The minimum absolute atomic E-state index is 0.0135. The first-order chi connectivity index (χ1) is 6.45. The molecule has 0 atom stereocenters. The molecule has 0 fully saturated rings. The van der Waals surface area contributed by atoms with Gasteiger partial charge >= 0.3 is 6.18 Å². The van der Waals surface area contributed by atoms with Crippen molar-refractivity contribution in [3.05, 3.63) is 35.4 Å². The lowest BCUT2D eigenvalue weighted by molar-refractivity contribution is -0.137. The highest BCUT2D eigenvalue weighted by Gasteiger charge is 2.29. The average molecular weight is 223 g/mol. The number of nitrogens with two attached hydrogens (primary N) is 1. The van der Waals surface area contributed by atoms with E-state index in [-0.39, 0.29) is 5.84 Å². The van der Waals surface area contributed by atoms with E-state index >= 15 is 0 Å². The highest BCUT2D eigenvalue weighted by atomic mass is 35.5. The Hall–Kier alpha value is -1.23. The zero-order valence-corrected chi connectivity index (χ0v) is 7.60. The van der Waals surface area contributed by atoms with Gasteiger partial charge in [-0.1, -0.05) is 12.1 Å². The number of amidine groups is 1. The topological polar surface area (TPSA) is 38.4 Å². The molecule has 2 N–H and O–H groups in total. The van der Waals surface area contributed by atoms with Crippen molar-refractivity contribution in [2.24, 2.45) is 10.2 Å². The first-order valence-corrected chi connectivity index (χ1v) is 3.91. The Morgan fingerprint density at radius 3 is 2.07 bits per heavy atom. The van der Waals surface area contributed by atoms with Gasteiger partial charge in [0.15, 0.2) is 0 Å². The molecular weight excluding hydrogens is 217 g/mol. The van der Waals surface area contributed by atoms with Crippen LogP contribution in [-0.2, 0) is 6.18 Å². The Kier molecular flexibility index (Phi) is 3.00. The zero-order valence-electron chi connectivity index (χ0n) is 6.85. The van der Waals surface area contributed by atoms with Crippen molar-refractivity contribution in [2.45, 2.75) is 6.18 Å². The van der Waals surface area contributed by atoms with Crippen LogP contribution in [0.3, 0.4) is 0 Å². The fourth-order valence-electron chi connectivity index (χ4n) is 0.879. The number of rotatable bonds is 1. The molecule has 6 heteroatoms. The third kappa shape index (κ3) is 2.38. The Morgan fingerprint density at radius 2 is 1.71 bits per heavy atom. The van der Waals surface area contributed by atoms with E-state index in [1.165, 1.54) is 12.1 Å². The summed E-state index contributed by atoms with van der Waals surface area (Å²) in [5.41, 5.74) is 4.91. The number of nitrogens with zero attached hydrogens (tertiary/aromatic N) is 1. The van der Waals surface area contributed by atoms with E-state index < -0.39 is 11.7 Å². The zero-order chi connectivity index (χ0) is 10.8. The van der Waals surface area contributed by atoms with E-state index in [9.17, 15) is 13.2 Å². The van der Waals surface area contributed by atoms with E-state index in [4.69, 9.17) is 17.5 Å². The lowest BCUT2D eigenvalue weighted by Crippen LogP contribution is -2.12. The fourth-order valence-corrected chi connectivity index (χ4v) is 0.976. The van der Waals surface area contributed by atoms with Crippen molar-refractivity contribution in [2.75, 3.05) is 0 Å². The minimum atomic E-state index is -4.34. The maximum atomic E-state index is 12.1. The molecule has 1 aromatic rings. The van der Waals surface area contributed by atoms with Crippen LogP contribution < -0.4 is 5.73 Å². The van der Waals surface area contributed by atoms with Crippen LogP contribution >= 0.6 is 11.8 Å². The fraction of sp³-hybridized carbons (Fsp3) is 0.125. The Balaban J connectivity index is 3.01. The molecule has 0 unspecified atom stereocenters. The molecule has 1 rings (SSSR count). The van der Waals surface area contributed by atoms with Crippen LogP contribution in [0.2, 0.25) is 0 Å². The van der Waals surface area contributed by atoms with Crippen LogP contribution in [0.1, 0.15) is 11.1 Å². The first kappa shape index (κ1) is 10.8. The predicted molar refractivity (Wildman–Crippen MR) is 48.0 cm³/mol. The minimum Gasteiger partial charge on any atom is -0.382 e. The average Bonchev–Trinajstić information content (AvgIpc) is 2.15. The maximum absolute atomic E-state index is 12.1. The second-order valence-electron chi connectivity index (χ2n) is 2.54. The largest absolute Gasteiger partial charge is 0.416 e.